The standard InChI is InChI=1S/C24H40N2O5/c1-18(11-12-24(5)29-13-14-30-24)16-25-17-21(27)20(15-19-9-7-6-8-10-19)26-22(28)31-23(2,3)4/h6-10,18,20-21,25,27H,11-17H2,1-5H3,(H,26,28)/t18?,20-,21?/m0/s1. The lowest BCUT2D eigenvalue weighted by Gasteiger charge is -2.28. The van der Waals surface area contributed by atoms with Crippen molar-refractivity contribution >= 4 is 6.09 Å². The lowest BCUT2D eigenvalue weighted by molar-refractivity contribution is -0.148. The molecule has 0 spiro atoms. The minimum Gasteiger partial charge on any atom is -0.444 e. The fourth-order valence-electron chi connectivity index (χ4n) is 3.54. The number of amides is 1. The second-order valence-electron chi connectivity index (χ2n) is 9.64. The van der Waals surface area contributed by atoms with Crippen molar-refractivity contribution in [3.05, 3.63) is 35.9 Å². The zero-order valence-electron chi connectivity index (χ0n) is 19.6. The molecule has 2 unspecified atom stereocenters. The van der Waals surface area contributed by atoms with E-state index in [0.717, 1.165) is 24.9 Å². The van der Waals surface area contributed by atoms with E-state index in [2.05, 4.69) is 17.6 Å². The average molecular weight is 437 g/mol. The lowest BCUT2D eigenvalue weighted by atomic mass is 10.00. The summed E-state index contributed by atoms with van der Waals surface area (Å²) in [5, 5.41) is 17.0. The fraction of sp³-hybridized carbons (Fsp3) is 0.708. The Bertz CT molecular complexity index is 656. The normalized spacial score (nSPS) is 18.9. The number of nitrogens with one attached hydrogen (secondary N) is 2. The molecular formula is C24H40N2O5. The summed E-state index contributed by atoms with van der Waals surface area (Å²) in [6.45, 7) is 12.1. The summed E-state index contributed by atoms with van der Waals surface area (Å²) in [5.41, 5.74) is 0.449. The maximum atomic E-state index is 12.3. The van der Waals surface area contributed by atoms with E-state index >= 15 is 0 Å². The highest BCUT2D eigenvalue weighted by atomic mass is 16.7. The van der Waals surface area contributed by atoms with E-state index in [1.807, 2.05) is 58.0 Å². The van der Waals surface area contributed by atoms with E-state index in [1.54, 1.807) is 0 Å². The van der Waals surface area contributed by atoms with Crippen molar-refractivity contribution in [2.45, 2.75) is 77.4 Å². The van der Waals surface area contributed by atoms with Gasteiger partial charge in [-0.15, -0.1) is 0 Å². The molecule has 7 nitrogen and oxygen atoms in total. The highest BCUT2D eigenvalue weighted by Crippen LogP contribution is 2.25. The number of aliphatic hydroxyl groups excluding tert-OH is 1. The first-order chi connectivity index (χ1) is 14.6. The topological polar surface area (TPSA) is 89.0 Å². The molecule has 0 bridgehead atoms. The second kappa shape index (κ2) is 11.8. The van der Waals surface area contributed by atoms with Gasteiger partial charge in [-0.25, -0.2) is 4.79 Å². The number of carbonyl (C=O) groups is 1. The molecule has 3 N–H and O–H groups in total. The SMILES string of the molecule is CC(CCC1(C)OCCO1)CNCC(O)[C@H](Cc1ccccc1)NC(=O)OC(C)(C)C. The van der Waals surface area contributed by atoms with Gasteiger partial charge in [0.2, 0.25) is 0 Å². The van der Waals surface area contributed by atoms with Crippen LogP contribution in [0.1, 0.15) is 53.0 Å². The third kappa shape index (κ3) is 9.99. The van der Waals surface area contributed by atoms with Gasteiger partial charge in [0.05, 0.1) is 25.4 Å². The molecule has 31 heavy (non-hydrogen) atoms. The largest absolute Gasteiger partial charge is 0.444 e. The molecule has 1 aromatic carbocycles. The molecule has 1 fully saturated rings. The van der Waals surface area contributed by atoms with E-state index < -0.39 is 29.6 Å². The molecule has 0 saturated carbocycles. The van der Waals surface area contributed by atoms with E-state index in [1.165, 1.54) is 0 Å². The maximum Gasteiger partial charge on any atom is 0.407 e. The van der Waals surface area contributed by atoms with Gasteiger partial charge in [-0.3, -0.25) is 0 Å². The second-order valence-corrected chi connectivity index (χ2v) is 9.64. The molecule has 2 rings (SSSR count). The van der Waals surface area contributed by atoms with Crippen molar-refractivity contribution in [3.63, 3.8) is 0 Å². The molecule has 1 heterocycles. The van der Waals surface area contributed by atoms with Crippen molar-refractivity contribution < 1.29 is 24.1 Å². The van der Waals surface area contributed by atoms with Crippen LogP contribution in [0.15, 0.2) is 30.3 Å². The summed E-state index contributed by atoms with van der Waals surface area (Å²) < 4.78 is 16.7. The van der Waals surface area contributed by atoms with Crippen LogP contribution in [0, 0.1) is 5.92 Å². The summed E-state index contributed by atoms with van der Waals surface area (Å²) in [7, 11) is 0. The number of ether oxygens (including phenoxy) is 3. The Hall–Kier alpha value is -1.67. The Morgan fingerprint density at radius 1 is 1.19 bits per heavy atom. The zero-order valence-corrected chi connectivity index (χ0v) is 19.6. The van der Waals surface area contributed by atoms with Gasteiger partial charge >= 0.3 is 6.09 Å². The molecule has 7 heteroatoms. The number of rotatable bonds is 11. The van der Waals surface area contributed by atoms with Crippen LogP contribution >= 0.6 is 0 Å². The third-order valence-corrected chi connectivity index (χ3v) is 5.30. The minimum absolute atomic E-state index is 0.377. The van der Waals surface area contributed by atoms with Crippen molar-refractivity contribution in [2.75, 3.05) is 26.3 Å². The van der Waals surface area contributed by atoms with Gasteiger partial charge in [0.25, 0.3) is 0 Å². The van der Waals surface area contributed by atoms with Gasteiger partial charge < -0.3 is 30.0 Å². The summed E-state index contributed by atoms with van der Waals surface area (Å²) in [6.07, 6.45) is 1.05. The summed E-state index contributed by atoms with van der Waals surface area (Å²) >= 11 is 0. The molecule has 0 aromatic heterocycles. The third-order valence-electron chi connectivity index (χ3n) is 5.30. The summed E-state index contributed by atoms with van der Waals surface area (Å²) in [4.78, 5) is 12.3. The van der Waals surface area contributed by atoms with Crippen molar-refractivity contribution in [3.8, 4) is 0 Å². The van der Waals surface area contributed by atoms with E-state index in [9.17, 15) is 9.90 Å². The molecule has 3 atom stereocenters. The molecule has 1 aliphatic rings. The fourth-order valence-corrected chi connectivity index (χ4v) is 3.54. The molecule has 1 aromatic rings. The number of alkyl carbamates (subject to hydrolysis) is 1. The summed E-state index contributed by atoms with van der Waals surface area (Å²) in [6, 6.07) is 9.36. The van der Waals surface area contributed by atoms with Gasteiger partial charge in [-0.1, -0.05) is 37.3 Å². The van der Waals surface area contributed by atoms with Crippen LogP contribution in [0.2, 0.25) is 0 Å². The first kappa shape index (κ1) is 25.6. The highest BCUT2D eigenvalue weighted by Gasteiger charge is 2.31. The minimum atomic E-state index is -0.751. The smallest absolute Gasteiger partial charge is 0.407 e. The molecular weight excluding hydrogens is 396 g/mol. The number of hydrogen-bond acceptors (Lipinski definition) is 6. The van der Waals surface area contributed by atoms with Gasteiger partial charge in [0, 0.05) is 13.0 Å². The van der Waals surface area contributed by atoms with E-state index in [4.69, 9.17) is 14.2 Å². The average Bonchev–Trinajstić information content (AvgIpc) is 3.12. The van der Waals surface area contributed by atoms with Crippen molar-refractivity contribution in [1.29, 1.82) is 0 Å². The van der Waals surface area contributed by atoms with Crippen LogP contribution < -0.4 is 10.6 Å². The van der Waals surface area contributed by atoms with Crippen LogP contribution in [0.25, 0.3) is 0 Å². The number of carbonyl (C=O) groups excluding carboxylic acids is 1. The molecule has 0 aliphatic carbocycles. The number of hydrogen-bond donors (Lipinski definition) is 3. The summed E-state index contributed by atoms with van der Waals surface area (Å²) in [5.74, 6) is -0.0606. The lowest BCUT2D eigenvalue weighted by Crippen LogP contribution is -2.50. The molecule has 1 aliphatic heterocycles. The molecule has 1 saturated heterocycles. The van der Waals surface area contributed by atoms with E-state index in [-0.39, 0.29) is 0 Å². The molecule has 0 radical (unpaired) electrons. The predicted molar refractivity (Wildman–Crippen MR) is 121 cm³/mol. The maximum absolute atomic E-state index is 12.3. The quantitative estimate of drug-likeness (QED) is 0.493. The van der Waals surface area contributed by atoms with Crippen LogP contribution in [-0.4, -0.2) is 61.0 Å². The van der Waals surface area contributed by atoms with Gasteiger partial charge in [-0.2, -0.15) is 0 Å². The molecule has 176 valence electrons. The van der Waals surface area contributed by atoms with Gasteiger partial charge in [-0.05, 0) is 58.6 Å². The molecule has 1 amide bonds. The van der Waals surface area contributed by atoms with E-state index in [0.29, 0.717) is 32.1 Å². The van der Waals surface area contributed by atoms with Crippen LogP contribution in [-0.2, 0) is 20.6 Å². The Morgan fingerprint density at radius 2 is 1.84 bits per heavy atom. The Labute approximate surface area is 186 Å². The van der Waals surface area contributed by atoms with Crippen molar-refractivity contribution in [1.82, 2.24) is 10.6 Å². The first-order valence-electron chi connectivity index (χ1n) is 11.3. The van der Waals surface area contributed by atoms with Crippen molar-refractivity contribution in [2.24, 2.45) is 5.92 Å². The van der Waals surface area contributed by atoms with Crippen LogP contribution in [0.3, 0.4) is 0 Å². The Kier molecular flexibility index (Phi) is 9.75. The number of aliphatic hydroxyl groups is 1. The zero-order chi connectivity index (χ0) is 22.9. The predicted octanol–water partition coefficient (Wildman–Crippen LogP) is 3.25. The van der Waals surface area contributed by atoms with Crippen LogP contribution in [0.5, 0.6) is 0 Å². The number of benzene rings is 1. The highest BCUT2D eigenvalue weighted by molar-refractivity contribution is 5.68. The van der Waals surface area contributed by atoms with Gasteiger partial charge in [0.15, 0.2) is 5.79 Å². The monoisotopic (exact) mass is 436 g/mol. The van der Waals surface area contributed by atoms with Crippen LogP contribution in [0.4, 0.5) is 4.79 Å². The first-order valence-corrected chi connectivity index (χ1v) is 11.3. The Balaban J connectivity index is 1.83. The van der Waals surface area contributed by atoms with Gasteiger partial charge in [0.1, 0.15) is 5.60 Å². The Morgan fingerprint density at radius 3 is 2.45 bits per heavy atom.